The first-order valence-electron chi connectivity index (χ1n) is 9.08. The fourth-order valence-electron chi connectivity index (χ4n) is 2.71. The number of rotatable bonds is 6. The minimum absolute atomic E-state index is 0.0578. The third-order valence-corrected chi connectivity index (χ3v) is 4.40. The molecule has 0 saturated carbocycles. The van der Waals surface area contributed by atoms with E-state index in [4.69, 9.17) is 26.5 Å². The second-order valence-electron chi connectivity index (χ2n) is 6.44. The van der Waals surface area contributed by atoms with E-state index in [0.29, 0.717) is 27.6 Å². The van der Waals surface area contributed by atoms with Crippen LogP contribution in [0.1, 0.15) is 16.1 Å². The van der Waals surface area contributed by atoms with Gasteiger partial charge in [-0.2, -0.15) is 4.98 Å². The number of oxazole rings is 1. The molecular formula is C21H16ClN5O4. The monoisotopic (exact) mass is 437 g/mol. The summed E-state index contributed by atoms with van der Waals surface area (Å²) in [5.41, 5.74) is 7.75. The first kappa shape index (κ1) is 20.2. The van der Waals surface area contributed by atoms with E-state index in [-0.39, 0.29) is 18.3 Å². The maximum atomic E-state index is 12.2. The Morgan fingerprint density at radius 1 is 1.06 bits per heavy atom. The average molecular weight is 438 g/mol. The lowest BCUT2D eigenvalue weighted by atomic mass is 10.2. The predicted octanol–water partition coefficient (Wildman–Crippen LogP) is 4.20. The molecule has 0 aliphatic heterocycles. The highest BCUT2D eigenvalue weighted by Gasteiger charge is 2.10. The zero-order chi connectivity index (χ0) is 21.8. The summed E-state index contributed by atoms with van der Waals surface area (Å²) in [7, 11) is 0. The number of pyridine rings is 1. The zero-order valence-corrected chi connectivity index (χ0v) is 16.7. The molecule has 2 aromatic carbocycles. The maximum absolute atomic E-state index is 12.2. The van der Waals surface area contributed by atoms with Crippen molar-refractivity contribution in [2.24, 2.45) is 5.73 Å². The van der Waals surface area contributed by atoms with Gasteiger partial charge in [0.1, 0.15) is 23.6 Å². The number of hydrogen-bond acceptors (Lipinski definition) is 6. The van der Waals surface area contributed by atoms with Crippen LogP contribution in [0.5, 0.6) is 5.75 Å². The number of hydrogen-bond donors (Lipinski definition) is 3. The number of nitrogens with zero attached hydrogens (tertiary/aromatic N) is 2. The molecule has 0 unspecified atom stereocenters. The SMILES string of the molecule is NC(=O)c1cc(COc2ccc(NC(=O)Nc3nc4cc(Cl)ccc4o3)cc2)ccn1. The van der Waals surface area contributed by atoms with Crippen LogP contribution in [0, 0.1) is 0 Å². The van der Waals surface area contributed by atoms with Crippen LogP contribution in [-0.4, -0.2) is 21.9 Å². The molecule has 0 atom stereocenters. The van der Waals surface area contributed by atoms with Crippen LogP contribution < -0.4 is 21.1 Å². The Bertz CT molecular complexity index is 1260. The Labute approximate surface area is 181 Å². The number of nitrogens with one attached hydrogen (secondary N) is 2. The van der Waals surface area contributed by atoms with Crippen molar-refractivity contribution in [1.82, 2.24) is 9.97 Å². The zero-order valence-electron chi connectivity index (χ0n) is 16.0. The van der Waals surface area contributed by atoms with Crippen LogP contribution in [0.2, 0.25) is 5.02 Å². The van der Waals surface area contributed by atoms with Crippen LogP contribution in [-0.2, 0) is 6.61 Å². The van der Waals surface area contributed by atoms with Gasteiger partial charge in [0.2, 0.25) is 0 Å². The standard InChI is InChI=1S/C21H16ClN5O4/c22-13-1-6-18-16(10-13)26-21(31-18)27-20(29)25-14-2-4-15(5-3-14)30-11-12-7-8-24-17(9-12)19(23)28/h1-10H,11H2,(H2,23,28)(H2,25,26,27,29). The summed E-state index contributed by atoms with van der Waals surface area (Å²) in [6.45, 7) is 0.234. The van der Waals surface area contributed by atoms with Crippen molar-refractivity contribution in [1.29, 1.82) is 0 Å². The molecule has 0 spiro atoms. The van der Waals surface area contributed by atoms with Crippen LogP contribution >= 0.6 is 11.6 Å². The van der Waals surface area contributed by atoms with E-state index in [1.807, 2.05) is 0 Å². The predicted molar refractivity (Wildman–Crippen MR) is 115 cm³/mol. The second kappa shape index (κ2) is 8.72. The quantitative estimate of drug-likeness (QED) is 0.414. The summed E-state index contributed by atoms with van der Waals surface area (Å²) in [6.07, 6.45) is 1.50. The van der Waals surface area contributed by atoms with Gasteiger partial charge in [0.25, 0.3) is 5.91 Å². The number of benzene rings is 2. The molecule has 10 heteroatoms. The Hall–Kier alpha value is -4.11. The van der Waals surface area contributed by atoms with Gasteiger partial charge in [-0.3, -0.25) is 15.1 Å². The molecule has 2 heterocycles. The van der Waals surface area contributed by atoms with E-state index >= 15 is 0 Å². The number of carbonyl (C=O) groups is 2. The molecule has 4 N–H and O–H groups in total. The largest absolute Gasteiger partial charge is 0.489 e. The number of anilines is 2. The van der Waals surface area contributed by atoms with Crippen molar-refractivity contribution in [2.45, 2.75) is 6.61 Å². The first-order valence-corrected chi connectivity index (χ1v) is 9.46. The summed E-state index contributed by atoms with van der Waals surface area (Å²) in [5, 5.41) is 5.73. The van der Waals surface area contributed by atoms with Crippen LogP contribution in [0.4, 0.5) is 16.5 Å². The molecule has 0 aliphatic carbocycles. The smallest absolute Gasteiger partial charge is 0.327 e. The molecule has 0 radical (unpaired) electrons. The molecule has 2 aromatic heterocycles. The number of fused-ring (bicyclic) bond motifs is 1. The molecule has 3 amide bonds. The highest BCUT2D eigenvalue weighted by atomic mass is 35.5. The highest BCUT2D eigenvalue weighted by Crippen LogP contribution is 2.23. The van der Waals surface area contributed by atoms with Crippen molar-refractivity contribution < 1.29 is 18.7 Å². The van der Waals surface area contributed by atoms with Gasteiger partial charge in [-0.05, 0) is 60.2 Å². The minimum atomic E-state index is -0.600. The normalized spacial score (nSPS) is 10.6. The van der Waals surface area contributed by atoms with Gasteiger partial charge in [0.05, 0.1) is 0 Å². The molecule has 4 rings (SSSR count). The lowest BCUT2D eigenvalue weighted by molar-refractivity contribution is 0.0995. The van der Waals surface area contributed by atoms with Gasteiger partial charge in [-0.25, -0.2) is 4.79 Å². The molecular weight excluding hydrogens is 422 g/mol. The van der Waals surface area contributed by atoms with Crippen molar-refractivity contribution in [3.63, 3.8) is 0 Å². The number of amides is 3. The Kier molecular flexibility index (Phi) is 5.67. The molecule has 9 nitrogen and oxygen atoms in total. The number of ether oxygens (including phenoxy) is 1. The van der Waals surface area contributed by atoms with Crippen molar-refractivity contribution in [3.8, 4) is 5.75 Å². The fraction of sp³-hybridized carbons (Fsp3) is 0.0476. The minimum Gasteiger partial charge on any atom is -0.489 e. The van der Waals surface area contributed by atoms with Gasteiger partial charge in [-0.1, -0.05) is 11.6 Å². The second-order valence-corrected chi connectivity index (χ2v) is 6.87. The molecule has 0 fully saturated rings. The van der Waals surface area contributed by atoms with Crippen LogP contribution in [0.3, 0.4) is 0 Å². The fourth-order valence-corrected chi connectivity index (χ4v) is 2.88. The number of aromatic nitrogens is 2. The first-order chi connectivity index (χ1) is 15.0. The number of nitrogens with two attached hydrogens (primary N) is 1. The molecule has 4 aromatic rings. The Morgan fingerprint density at radius 2 is 1.87 bits per heavy atom. The number of carbonyl (C=O) groups excluding carboxylic acids is 2. The van der Waals surface area contributed by atoms with E-state index in [9.17, 15) is 9.59 Å². The highest BCUT2D eigenvalue weighted by molar-refractivity contribution is 6.31. The van der Waals surface area contributed by atoms with Gasteiger partial charge in [-0.15, -0.1) is 0 Å². The Morgan fingerprint density at radius 3 is 2.65 bits per heavy atom. The molecule has 0 saturated heterocycles. The average Bonchev–Trinajstić information content (AvgIpc) is 3.14. The summed E-state index contributed by atoms with van der Waals surface area (Å²) in [4.78, 5) is 31.4. The molecule has 0 aliphatic rings. The summed E-state index contributed by atoms with van der Waals surface area (Å²) < 4.78 is 11.1. The lowest BCUT2D eigenvalue weighted by Gasteiger charge is -2.09. The number of urea groups is 1. The van der Waals surface area contributed by atoms with Crippen molar-refractivity contribution in [2.75, 3.05) is 10.6 Å². The van der Waals surface area contributed by atoms with Gasteiger partial charge < -0.3 is 20.2 Å². The van der Waals surface area contributed by atoms with E-state index in [0.717, 1.165) is 5.56 Å². The summed E-state index contributed by atoms with van der Waals surface area (Å²) in [5.74, 6) is -0.0172. The van der Waals surface area contributed by atoms with Gasteiger partial charge in [0, 0.05) is 16.9 Å². The third kappa shape index (κ3) is 5.09. The molecule has 31 heavy (non-hydrogen) atoms. The maximum Gasteiger partial charge on any atom is 0.327 e. The number of primary amides is 1. The summed E-state index contributed by atoms with van der Waals surface area (Å²) in [6, 6.07) is 14.6. The van der Waals surface area contributed by atoms with E-state index < -0.39 is 11.9 Å². The van der Waals surface area contributed by atoms with Gasteiger partial charge in [0.15, 0.2) is 5.58 Å². The molecule has 156 valence electrons. The topological polar surface area (TPSA) is 132 Å². The lowest BCUT2D eigenvalue weighted by Crippen LogP contribution is -2.19. The van der Waals surface area contributed by atoms with Crippen LogP contribution in [0.15, 0.2) is 65.2 Å². The number of halogens is 1. The third-order valence-electron chi connectivity index (χ3n) is 4.16. The van der Waals surface area contributed by atoms with E-state index in [2.05, 4.69) is 20.6 Å². The van der Waals surface area contributed by atoms with Gasteiger partial charge >= 0.3 is 12.0 Å². The van der Waals surface area contributed by atoms with Crippen molar-refractivity contribution >= 4 is 46.3 Å². The molecule has 0 bridgehead atoms. The van der Waals surface area contributed by atoms with E-state index in [1.165, 1.54) is 6.20 Å². The summed E-state index contributed by atoms with van der Waals surface area (Å²) >= 11 is 5.92. The van der Waals surface area contributed by atoms with E-state index in [1.54, 1.807) is 54.6 Å². The van der Waals surface area contributed by atoms with Crippen molar-refractivity contribution in [3.05, 3.63) is 77.1 Å². The van der Waals surface area contributed by atoms with Crippen LogP contribution in [0.25, 0.3) is 11.1 Å². The Balaban J connectivity index is 1.32.